The molecule has 5 aromatic carbocycles. The minimum Gasteiger partial charge on any atom is -0.368 e. The van der Waals surface area contributed by atoms with E-state index in [1.807, 2.05) is 76.5 Å². The number of benzene rings is 5. The fraction of sp³-hybridized carbons (Fsp3) is 0.240. The highest BCUT2D eigenvalue weighted by Gasteiger charge is 2.30. The molecule has 0 spiro atoms. The van der Waals surface area contributed by atoms with Gasteiger partial charge >= 0.3 is 0 Å². The van der Waals surface area contributed by atoms with Gasteiger partial charge in [0.05, 0.1) is 27.9 Å². The van der Waals surface area contributed by atoms with Crippen molar-refractivity contribution < 1.29 is 19.2 Å². The van der Waals surface area contributed by atoms with Gasteiger partial charge in [0.25, 0.3) is 23.6 Å². The molecule has 318 valence electrons. The quantitative estimate of drug-likeness (QED) is 0.168. The number of nitrogens with zero attached hydrogens (tertiary/aromatic N) is 4. The summed E-state index contributed by atoms with van der Waals surface area (Å²) in [7, 11) is 0. The van der Waals surface area contributed by atoms with Crippen LogP contribution in [0.1, 0.15) is 64.0 Å². The van der Waals surface area contributed by atoms with Crippen LogP contribution in [0.4, 0.5) is 17.1 Å². The normalized spacial score (nSPS) is 19.4. The molecular weight excluding hydrogens is 848 g/mol. The van der Waals surface area contributed by atoms with E-state index in [-0.39, 0.29) is 34.9 Å². The molecular formula is C50H45ClN6O4S2. The van der Waals surface area contributed by atoms with Crippen LogP contribution in [0.25, 0.3) is 0 Å². The highest BCUT2D eigenvalue weighted by molar-refractivity contribution is 8.00. The lowest BCUT2D eigenvalue weighted by molar-refractivity contribution is 0.0671. The molecule has 2 atom stereocenters. The molecule has 5 aromatic rings. The van der Waals surface area contributed by atoms with E-state index in [1.165, 1.54) is 40.3 Å². The van der Waals surface area contributed by atoms with Gasteiger partial charge in [0.2, 0.25) is 0 Å². The number of hydrogen-bond acceptors (Lipinski definition) is 8. The van der Waals surface area contributed by atoms with Crippen molar-refractivity contribution >= 4 is 75.8 Å². The van der Waals surface area contributed by atoms with E-state index in [2.05, 4.69) is 70.7 Å². The van der Waals surface area contributed by atoms with Crippen molar-refractivity contribution in [1.82, 2.24) is 14.7 Å². The summed E-state index contributed by atoms with van der Waals surface area (Å²) in [6.45, 7) is 9.40. The first kappa shape index (κ1) is 41.1. The van der Waals surface area contributed by atoms with Crippen LogP contribution in [0.2, 0.25) is 0 Å². The molecule has 2 saturated heterocycles. The Hall–Kier alpha value is -5.95. The van der Waals surface area contributed by atoms with E-state index in [4.69, 9.17) is 11.6 Å². The first-order valence-electron chi connectivity index (χ1n) is 21.3. The predicted molar refractivity (Wildman–Crippen MR) is 251 cm³/mol. The molecule has 63 heavy (non-hydrogen) atoms. The van der Waals surface area contributed by atoms with Gasteiger partial charge in [0.1, 0.15) is 0 Å². The van der Waals surface area contributed by atoms with Gasteiger partial charge in [0, 0.05) is 100 Å². The van der Waals surface area contributed by atoms with E-state index in [1.54, 1.807) is 12.1 Å². The summed E-state index contributed by atoms with van der Waals surface area (Å²) in [5, 5.41) is 5.74. The molecule has 13 heteroatoms. The number of fused-ring (bicyclic) bond motifs is 4. The van der Waals surface area contributed by atoms with Gasteiger partial charge in [-0.05, 0) is 109 Å². The summed E-state index contributed by atoms with van der Waals surface area (Å²) in [5.74, 6) is -0.653. The lowest BCUT2D eigenvalue weighted by Crippen LogP contribution is -2.49. The van der Waals surface area contributed by atoms with Crippen LogP contribution in [-0.2, 0) is 0 Å². The van der Waals surface area contributed by atoms with Gasteiger partial charge in [-0.2, -0.15) is 0 Å². The van der Waals surface area contributed by atoms with E-state index >= 15 is 0 Å². The van der Waals surface area contributed by atoms with E-state index < -0.39 is 0 Å². The minimum atomic E-state index is -0.350. The molecule has 0 radical (unpaired) electrons. The van der Waals surface area contributed by atoms with Crippen molar-refractivity contribution in [3.8, 4) is 0 Å². The smallest absolute Gasteiger partial charge is 0.256 e. The van der Waals surface area contributed by atoms with Crippen LogP contribution in [-0.4, -0.2) is 96.1 Å². The molecule has 4 amide bonds. The van der Waals surface area contributed by atoms with Crippen molar-refractivity contribution in [3.63, 3.8) is 0 Å². The number of rotatable bonds is 5. The third kappa shape index (κ3) is 8.11. The number of carbonyl (C=O) groups excluding carboxylic acids is 4. The Balaban J connectivity index is 0.754. The molecule has 5 aliphatic rings. The Kier molecular flexibility index (Phi) is 11.1. The van der Waals surface area contributed by atoms with Crippen molar-refractivity contribution in [1.29, 1.82) is 0 Å². The van der Waals surface area contributed by atoms with Gasteiger partial charge in [-0.3, -0.25) is 19.2 Å². The maximum absolute atomic E-state index is 13.8. The largest absolute Gasteiger partial charge is 0.368 e. The number of amides is 4. The van der Waals surface area contributed by atoms with Gasteiger partial charge in [-0.1, -0.05) is 59.9 Å². The molecule has 0 saturated carbocycles. The summed E-state index contributed by atoms with van der Waals surface area (Å²) in [6.07, 6.45) is 6.25. The third-order valence-electron chi connectivity index (χ3n) is 12.5. The lowest BCUT2D eigenvalue weighted by atomic mass is 9.89. The Labute approximate surface area is 380 Å². The maximum Gasteiger partial charge on any atom is 0.256 e. The Morgan fingerprint density at radius 1 is 0.619 bits per heavy atom. The molecule has 2 fully saturated rings. The second-order valence-electron chi connectivity index (χ2n) is 16.6. The lowest BCUT2D eigenvalue weighted by Gasteiger charge is -2.38. The topological polar surface area (TPSA) is 105 Å². The van der Waals surface area contributed by atoms with E-state index in [0.717, 1.165) is 43.9 Å². The fourth-order valence-electron chi connectivity index (χ4n) is 8.96. The Bertz CT molecular complexity index is 2780. The first-order valence-corrected chi connectivity index (χ1v) is 23.3. The first-order chi connectivity index (χ1) is 30.6. The van der Waals surface area contributed by atoms with Crippen LogP contribution in [0, 0.1) is 13.8 Å². The summed E-state index contributed by atoms with van der Waals surface area (Å²) >= 11 is 10.1. The number of nitrogens with one attached hydrogen (secondary N) is 2. The molecule has 0 bridgehead atoms. The van der Waals surface area contributed by atoms with Crippen LogP contribution in [0.3, 0.4) is 0 Å². The van der Waals surface area contributed by atoms with Crippen LogP contribution in [0.15, 0.2) is 141 Å². The summed E-state index contributed by atoms with van der Waals surface area (Å²) in [6, 6.07) is 31.1. The molecule has 2 N–H and O–H groups in total. The van der Waals surface area contributed by atoms with Gasteiger partial charge in [-0.15, -0.1) is 11.6 Å². The number of piperazine rings is 2. The standard InChI is InChI=1S/C50H45ClN6O4S2/c1-30-7-8-31(2)42(25-30)55-19-23-57(24-20-55)50(61)34-11-16-46-41(28-34)53-48(59)38-26-32(9-14-44(38)63-46)36-13-12-35(29-39(36)51)54-17-21-56(22-18-54)49(60)33-10-15-45-40(27-33)52-47(58)37-5-3-4-6-43(37)62-45/h3-16,25-29,36,39H,17-24H2,1-2H3,(H,52,58)(H,53,59). The molecule has 4 aliphatic heterocycles. The minimum absolute atomic E-state index is 0.0360. The molecule has 2 unspecified atom stereocenters. The van der Waals surface area contributed by atoms with E-state index in [0.29, 0.717) is 72.9 Å². The highest BCUT2D eigenvalue weighted by atomic mass is 35.5. The Morgan fingerprint density at radius 2 is 1.19 bits per heavy atom. The number of aryl methyl sites for hydroxylation is 2. The summed E-state index contributed by atoms with van der Waals surface area (Å²) in [4.78, 5) is 66.0. The second kappa shape index (κ2) is 17.0. The average Bonchev–Trinajstić information content (AvgIpc) is 3.54. The highest BCUT2D eigenvalue weighted by Crippen LogP contribution is 2.42. The van der Waals surface area contributed by atoms with Crippen molar-refractivity contribution in [3.05, 3.63) is 160 Å². The number of halogens is 1. The van der Waals surface area contributed by atoms with Crippen molar-refractivity contribution in [2.24, 2.45) is 0 Å². The van der Waals surface area contributed by atoms with Crippen molar-refractivity contribution in [2.45, 2.75) is 44.7 Å². The number of alkyl halides is 1. The number of carbonyl (C=O) groups is 4. The molecule has 10 rings (SSSR count). The van der Waals surface area contributed by atoms with Crippen LogP contribution < -0.4 is 15.5 Å². The number of hydrogen-bond donors (Lipinski definition) is 2. The molecule has 4 heterocycles. The summed E-state index contributed by atoms with van der Waals surface area (Å²) < 4.78 is 0. The maximum atomic E-state index is 13.8. The van der Waals surface area contributed by atoms with Gasteiger partial charge in [0.15, 0.2) is 0 Å². The zero-order chi connectivity index (χ0) is 43.4. The summed E-state index contributed by atoms with van der Waals surface area (Å²) in [5.41, 5.74) is 9.18. The van der Waals surface area contributed by atoms with Gasteiger partial charge in [-0.25, -0.2) is 0 Å². The van der Waals surface area contributed by atoms with E-state index in [9.17, 15) is 19.2 Å². The third-order valence-corrected chi connectivity index (χ3v) is 15.2. The zero-order valence-corrected chi connectivity index (χ0v) is 37.3. The van der Waals surface area contributed by atoms with Crippen molar-refractivity contribution in [2.75, 3.05) is 67.9 Å². The average molecular weight is 894 g/mol. The molecule has 10 nitrogen and oxygen atoms in total. The van der Waals surface area contributed by atoms with Crippen LogP contribution in [0.5, 0.6) is 0 Å². The Morgan fingerprint density at radius 3 is 1.83 bits per heavy atom. The predicted octanol–water partition coefficient (Wildman–Crippen LogP) is 9.30. The number of anilines is 3. The molecule has 1 aliphatic carbocycles. The molecule has 0 aromatic heterocycles. The second-order valence-corrected chi connectivity index (χ2v) is 19.2. The zero-order valence-electron chi connectivity index (χ0n) is 34.9. The monoisotopic (exact) mass is 892 g/mol. The fourth-order valence-corrected chi connectivity index (χ4v) is 11.3. The van der Waals surface area contributed by atoms with Gasteiger partial charge < -0.3 is 30.2 Å². The SMILES string of the molecule is Cc1ccc(C)c(N2CCN(C(=O)c3ccc4c(c3)NC(=O)c3cc(C5C=CC(N6CCN(C(=O)c7ccc8c(c7)NC(=O)c7ccccc7S8)CC6)=CC5Cl)ccc3S4)CC2)c1. The number of allylic oxidation sites excluding steroid dienone is 3. The van der Waals surface area contributed by atoms with Crippen LogP contribution >= 0.6 is 35.1 Å².